The second-order valence-corrected chi connectivity index (χ2v) is 8.58. The van der Waals surface area contributed by atoms with E-state index >= 15 is 0 Å². The van der Waals surface area contributed by atoms with Crippen molar-refractivity contribution >= 4 is 33.0 Å². The molecule has 2 N–H and O–H groups in total. The van der Waals surface area contributed by atoms with Crippen LogP contribution in [0.4, 0.5) is 0 Å². The summed E-state index contributed by atoms with van der Waals surface area (Å²) in [6.45, 7) is 1.82. The van der Waals surface area contributed by atoms with E-state index in [4.69, 9.17) is 11.6 Å². The molecule has 0 aromatic carbocycles. The third-order valence-electron chi connectivity index (χ3n) is 3.56. The first kappa shape index (κ1) is 15.3. The van der Waals surface area contributed by atoms with Crippen molar-refractivity contribution in [3.8, 4) is 0 Å². The number of hydrogen-bond donors (Lipinski definition) is 2. The van der Waals surface area contributed by atoms with Crippen LogP contribution < -0.4 is 10.0 Å². The normalized spacial score (nSPS) is 24.6. The summed E-state index contributed by atoms with van der Waals surface area (Å²) in [5.74, 6) is 0. The Morgan fingerprint density at radius 3 is 2.32 bits per heavy atom. The lowest BCUT2D eigenvalue weighted by molar-refractivity contribution is 0.343. The van der Waals surface area contributed by atoms with Crippen molar-refractivity contribution in [1.82, 2.24) is 10.0 Å². The van der Waals surface area contributed by atoms with Crippen molar-refractivity contribution in [1.29, 1.82) is 0 Å². The summed E-state index contributed by atoms with van der Waals surface area (Å²) in [5, 5.41) is 3.24. The van der Waals surface area contributed by atoms with Crippen molar-refractivity contribution in [3.63, 3.8) is 0 Å². The SMILES string of the molecule is CNC1CCC(NS(=O)(=O)c2cc(C)c(Cl)s2)CC1. The molecule has 0 radical (unpaired) electrons. The van der Waals surface area contributed by atoms with Gasteiger partial charge in [0.1, 0.15) is 4.21 Å². The number of thiophene rings is 1. The van der Waals surface area contributed by atoms with Crippen molar-refractivity contribution in [3.05, 3.63) is 16.0 Å². The molecule has 1 aromatic rings. The van der Waals surface area contributed by atoms with Crippen molar-refractivity contribution in [2.45, 2.75) is 48.9 Å². The van der Waals surface area contributed by atoms with Crippen LogP contribution in [0.5, 0.6) is 0 Å². The van der Waals surface area contributed by atoms with Gasteiger partial charge in [0, 0.05) is 12.1 Å². The molecule has 4 nitrogen and oxygen atoms in total. The minimum atomic E-state index is -3.42. The van der Waals surface area contributed by atoms with Crippen LogP contribution in [0.2, 0.25) is 4.34 Å². The topological polar surface area (TPSA) is 58.2 Å². The Hall–Kier alpha value is -0.140. The van der Waals surface area contributed by atoms with Crippen LogP contribution in [0.15, 0.2) is 10.3 Å². The van der Waals surface area contributed by atoms with Gasteiger partial charge in [0.05, 0.1) is 4.34 Å². The number of halogens is 1. The van der Waals surface area contributed by atoms with Gasteiger partial charge in [-0.05, 0) is 51.3 Å². The van der Waals surface area contributed by atoms with E-state index in [-0.39, 0.29) is 6.04 Å². The Bertz CT molecular complexity index is 514. The Balaban J connectivity index is 2.02. The fraction of sp³-hybridized carbons (Fsp3) is 0.667. The fourth-order valence-electron chi connectivity index (χ4n) is 2.34. The minimum Gasteiger partial charge on any atom is -0.317 e. The van der Waals surface area contributed by atoms with E-state index in [9.17, 15) is 8.42 Å². The summed E-state index contributed by atoms with van der Waals surface area (Å²) < 4.78 is 28.1. The average molecular weight is 323 g/mol. The zero-order chi connectivity index (χ0) is 14.0. The lowest BCUT2D eigenvalue weighted by Crippen LogP contribution is -2.41. The van der Waals surface area contributed by atoms with E-state index < -0.39 is 10.0 Å². The Morgan fingerprint density at radius 1 is 1.26 bits per heavy atom. The number of aryl methyl sites for hydroxylation is 1. The van der Waals surface area contributed by atoms with Crippen molar-refractivity contribution < 1.29 is 8.42 Å². The van der Waals surface area contributed by atoms with E-state index in [1.54, 1.807) is 6.07 Å². The van der Waals surface area contributed by atoms with Gasteiger partial charge in [-0.1, -0.05) is 11.6 Å². The molecule has 0 aliphatic heterocycles. The highest BCUT2D eigenvalue weighted by atomic mass is 35.5. The highest BCUT2D eigenvalue weighted by Gasteiger charge is 2.26. The Kier molecular flexibility index (Phi) is 4.89. The van der Waals surface area contributed by atoms with Crippen LogP contribution in [-0.2, 0) is 10.0 Å². The number of nitrogens with one attached hydrogen (secondary N) is 2. The predicted molar refractivity (Wildman–Crippen MR) is 79.5 cm³/mol. The summed E-state index contributed by atoms with van der Waals surface area (Å²) >= 11 is 7.05. The van der Waals surface area contributed by atoms with Crippen LogP contribution in [0.3, 0.4) is 0 Å². The molecule has 1 saturated carbocycles. The molecule has 1 heterocycles. The quantitative estimate of drug-likeness (QED) is 0.895. The largest absolute Gasteiger partial charge is 0.317 e. The molecule has 0 unspecified atom stereocenters. The second kappa shape index (κ2) is 6.10. The van der Waals surface area contributed by atoms with Gasteiger partial charge in [-0.25, -0.2) is 13.1 Å². The van der Waals surface area contributed by atoms with Gasteiger partial charge in [-0.3, -0.25) is 0 Å². The Labute approximate surface area is 123 Å². The molecule has 7 heteroatoms. The maximum atomic E-state index is 12.2. The molecule has 0 amide bonds. The summed E-state index contributed by atoms with van der Waals surface area (Å²) in [5.41, 5.74) is 0.811. The van der Waals surface area contributed by atoms with Crippen LogP contribution in [0, 0.1) is 6.92 Å². The Morgan fingerprint density at radius 2 is 1.84 bits per heavy atom. The van der Waals surface area contributed by atoms with E-state index in [1.807, 2.05) is 14.0 Å². The molecule has 1 aliphatic rings. The van der Waals surface area contributed by atoms with Gasteiger partial charge in [0.15, 0.2) is 0 Å². The van der Waals surface area contributed by atoms with Crippen LogP contribution in [-0.4, -0.2) is 27.5 Å². The number of hydrogen-bond acceptors (Lipinski definition) is 4. The average Bonchev–Trinajstić information content (AvgIpc) is 2.71. The number of sulfonamides is 1. The molecule has 0 atom stereocenters. The smallest absolute Gasteiger partial charge is 0.250 e. The molecule has 1 fully saturated rings. The van der Waals surface area contributed by atoms with Gasteiger partial charge in [0.25, 0.3) is 0 Å². The maximum Gasteiger partial charge on any atom is 0.250 e. The highest BCUT2D eigenvalue weighted by Crippen LogP contribution is 2.30. The lowest BCUT2D eigenvalue weighted by atomic mass is 9.92. The summed E-state index contributed by atoms with van der Waals surface area (Å²) in [7, 11) is -1.47. The third kappa shape index (κ3) is 3.70. The lowest BCUT2D eigenvalue weighted by Gasteiger charge is -2.28. The zero-order valence-corrected chi connectivity index (χ0v) is 13.5. The molecule has 0 bridgehead atoms. The van der Waals surface area contributed by atoms with E-state index in [0.717, 1.165) is 42.6 Å². The van der Waals surface area contributed by atoms with Gasteiger partial charge >= 0.3 is 0 Å². The first-order valence-electron chi connectivity index (χ1n) is 6.38. The van der Waals surface area contributed by atoms with E-state index in [2.05, 4.69) is 10.0 Å². The molecular weight excluding hydrogens is 304 g/mol. The molecule has 1 aliphatic carbocycles. The molecule has 1 aromatic heterocycles. The summed E-state index contributed by atoms with van der Waals surface area (Å²) in [6, 6.07) is 2.18. The van der Waals surface area contributed by atoms with Crippen LogP contribution >= 0.6 is 22.9 Å². The fourth-order valence-corrected chi connectivity index (χ4v) is 5.37. The van der Waals surface area contributed by atoms with Gasteiger partial charge < -0.3 is 5.32 Å². The molecule has 108 valence electrons. The molecule has 0 saturated heterocycles. The molecular formula is C12H19ClN2O2S2. The number of rotatable bonds is 4. The summed E-state index contributed by atoms with van der Waals surface area (Å²) in [6.07, 6.45) is 3.77. The van der Waals surface area contributed by atoms with Crippen molar-refractivity contribution in [2.24, 2.45) is 0 Å². The molecule has 19 heavy (non-hydrogen) atoms. The van der Waals surface area contributed by atoms with Gasteiger partial charge in [-0.2, -0.15) is 0 Å². The third-order valence-corrected chi connectivity index (χ3v) is 7.11. The second-order valence-electron chi connectivity index (χ2n) is 4.98. The first-order chi connectivity index (χ1) is 8.92. The zero-order valence-electron chi connectivity index (χ0n) is 11.1. The standard InChI is InChI=1S/C12H19ClN2O2S2/c1-8-7-11(18-12(8)13)19(16,17)15-10-5-3-9(14-2)4-6-10/h7,9-10,14-15H,3-6H2,1-2H3. The van der Waals surface area contributed by atoms with E-state index in [0.29, 0.717) is 14.6 Å². The van der Waals surface area contributed by atoms with Crippen molar-refractivity contribution in [2.75, 3.05) is 7.05 Å². The maximum absolute atomic E-state index is 12.2. The first-order valence-corrected chi connectivity index (χ1v) is 9.05. The highest BCUT2D eigenvalue weighted by molar-refractivity contribution is 7.91. The predicted octanol–water partition coefficient (Wildman–Crippen LogP) is 2.52. The van der Waals surface area contributed by atoms with E-state index in [1.165, 1.54) is 0 Å². The van der Waals surface area contributed by atoms with Gasteiger partial charge in [0.2, 0.25) is 10.0 Å². The minimum absolute atomic E-state index is 0.0378. The molecule has 0 spiro atoms. The van der Waals surface area contributed by atoms with Crippen LogP contribution in [0.1, 0.15) is 31.2 Å². The van der Waals surface area contributed by atoms with Crippen LogP contribution in [0.25, 0.3) is 0 Å². The summed E-state index contributed by atoms with van der Waals surface area (Å²) in [4.78, 5) is 0. The monoisotopic (exact) mass is 322 g/mol. The van der Waals surface area contributed by atoms with Gasteiger partial charge in [-0.15, -0.1) is 11.3 Å². The molecule has 2 rings (SSSR count).